The highest BCUT2D eigenvalue weighted by molar-refractivity contribution is 5.91. The first-order valence-electron chi connectivity index (χ1n) is 7.19. The average molecular weight is 275 g/mol. The molecule has 0 bridgehead atoms. The zero-order valence-corrected chi connectivity index (χ0v) is 12.0. The van der Waals surface area contributed by atoms with Gasteiger partial charge in [0.15, 0.2) is 0 Å². The summed E-state index contributed by atoms with van der Waals surface area (Å²) in [6.45, 7) is 6.42. The molecule has 2 aliphatic rings. The van der Waals surface area contributed by atoms with Crippen LogP contribution in [0.3, 0.4) is 0 Å². The number of hydrogen-bond donors (Lipinski definition) is 1. The van der Waals surface area contributed by atoms with Gasteiger partial charge in [0.2, 0.25) is 5.91 Å². The van der Waals surface area contributed by atoms with Crippen LogP contribution >= 0.6 is 0 Å². The molecule has 1 amide bonds. The predicted molar refractivity (Wildman–Crippen MR) is 76.2 cm³/mol. The zero-order chi connectivity index (χ0) is 14.2. The molecule has 108 valence electrons. The van der Waals surface area contributed by atoms with Gasteiger partial charge in [-0.05, 0) is 30.5 Å². The molecule has 4 heteroatoms. The second kappa shape index (κ2) is 5.09. The van der Waals surface area contributed by atoms with Gasteiger partial charge in [-0.25, -0.2) is 0 Å². The third kappa shape index (κ3) is 2.96. The monoisotopic (exact) mass is 275 g/mol. The summed E-state index contributed by atoms with van der Waals surface area (Å²) in [5, 5.41) is 2.90. The maximum Gasteiger partial charge on any atom is 0.244 e. The van der Waals surface area contributed by atoms with Gasteiger partial charge in [0, 0.05) is 24.0 Å². The van der Waals surface area contributed by atoms with Crippen molar-refractivity contribution >= 4 is 12.0 Å². The molecule has 2 fully saturated rings. The quantitative estimate of drug-likeness (QED) is 0.840. The highest BCUT2D eigenvalue weighted by Gasteiger charge is 2.36. The lowest BCUT2D eigenvalue weighted by molar-refractivity contribution is -0.122. The lowest BCUT2D eigenvalue weighted by Gasteiger charge is -2.37. The topological polar surface area (TPSA) is 51.5 Å². The van der Waals surface area contributed by atoms with E-state index >= 15 is 0 Å². The lowest BCUT2D eigenvalue weighted by atomic mass is 9.89. The molecular formula is C16H21NO3. The molecule has 1 aliphatic carbocycles. The van der Waals surface area contributed by atoms with Crippen molar-refractivity contribution in [3.63, 3.8) is 0 Å². The van der Waals surface area contributed by atoms with Crippen molar-refractivity contribution in [3.05, 3.63) is 29.7 Å². The molecule has 1 saturated carbocycles. The Balaban J connectivity index is 1.49. The van der Waals surface area contributed by atoms with Crippen LogP contribution in [0, 0.1) is 11.3 Å². The number of nitrogens with one attached hydrogen (secondary N) is 1. The second-order valence-corrected chi connectivity index (χ2v) is 6.41. The molecule has 1 N–H and O–H groups in total. The van der Waals surface area contributed by atoms with Crippen molar-refractivity contribution in [1.82, 2.24) is 5.32 Å². The van der Waals surface area contributed by atoms with Crippen LogP contribution in [0.4, 0.5) is 0 Å². The van der Waals surface area contributed by atoms with Gasteiger partial charge in [-0.2, -0.15) is 0 Å². The number of rotatable bonds is 5. The summed E-state index contributed by atoms with van der Waals surface area (Å²) in [5.74, 6) is 3.00. The number of carbonyl (C=O) groups excluding carboxylic acids is 1. The minimum Gasteiger partial charge on any atom is -0.461 e. The smallest absolute Gasteiger partial charge is 0.244 e. The molecule has 2 unspecified atom stereocenters. The largest absolute Gasteiger partial charge is 0.461 e. The number of hydrogen-bond acceptors (Lipinski definition) is 3. The van der Waals surface area contributed by atoms with Gasteiger partial charge in [-0.15, -0.1) is 0 Å². The van der Waals surface area contributed by atoms with Crippen LogP contribution in [0.15, 0.2) is 22.6 Å². The summed E-state index contributed by atoms with van der Waals surface area (Å²) >= 11 is 0. The zero-order valence-electron chi connectivity index (χ0n) is 12.0. The Morgan fingerprint density at radius 2 is 2.25 bits per heavy atom. The first kappa shape index (κ1) is 13.4. The van der Waals surface area contributed by atoms with E-state index in [1.165, 1.54) is 12.5 Å². The van der Waals surface area contributed by atoms with Crippen LogP contribution in [-0.4, -0.2) is 25.7 Å². The molecule has 0 radical (unpaired) electrons. The first-order valence-corrected chi connectivity index (χ1v) is 7.19. The highest BCUT2D eigenvalue weighted by Crippen LogP contribution is 2.47. The summed E-state index contributed by atoms with van der Waals surface area (Å²) in [7, 11) is 0. The standard InChI is InChI=1S/C16H21NO3/c1-11-7-13(11)14-5-3-12(20-14)4-6-15(18)17-8-16(2)9-19-10-16/h3-6,11,13H,7-10H2,1-2H3,(H,17,18)/b6-4+. The van der Waals surface area contributed by atoms with Gasteiger partial charge in [0.25, 0.3) is 0 Å². The van der Waals surface area contributed by atoms with Crippen LogP contribution in [0.5, 0.6) is 0 Å². The fourth-order valence-corrected chi connectivity index (χ4v) is 2.45. The Bertz CT molecular complexity index is 528. The van der Waals surface area contributed by atoms with Gasteiger partial charge in [0.1, 0.15) is 11.5 Å². The van der Waals surface area contributed by atoms with E-state index in [-0.39, 0.29) is 11.3 Å². The Labute approximate surface area is 119 Å². The molecule has 1 aromatic rings. The van der Waals surface area contributed by atoms with E-state index < -0.39 is 0 Å². The SMILES string of the molecule is CC1CC1c1ccc(/C=C/C(=O)NCC2(C)COC2)o1. The second-order valence-electron chi connectivity index (χ2n) is 6.41. The molecule has 0 spiro atoms. The summed E-state index contributed by atoms with van der Waals surface area (Å²) < 4.78 is 10.9. The minimum absolute atomic E-state index is 0.0872. The number of furan rings is 1. The van der Waals surface area contributed by atoms with Crippen molar-refractivity contribution in [2.45, 2.75) is 26.2 Å². The van der Waals surface area contributed by atoms with Crippen molar-refractivity contribution in [2.75, 3.05) is 19.8 Å². The summed E-state index contributed by atoms with van der Waals surface area (Å²) in [5.41, 5.74) is 0.101. The third-order valence-corrected chi connectivity index (χ3v) is 4.11. The normalized spacial score (nSPS) is 27.3. The van der Waals surface area contributed by atoms with E-state index in [4.69, 9.17) is 9.15 Å². The van der Waals surface area contributed by atoms with Crippen LogP contribution in [0.2, 0.25) is 0 Å². The van der Waals surface area contributed by atoms with E-state index in [1.807, 2.05) is 12.1 Å². The number of ether oxygens (including phenoxy) is 1. The Kier molecular flexibility index (Phi) is 3.42. The van der Waals surface area contributed by atoms with E-state index in [0.717, 1.165) is 30.7 Å². The average Bonchev–Trinajstić information content (AvgIpc) is 2.94. The minimum atomic E-state index is -0.0872. The van der Waals surface area contributed by atoms with Crippen molar-refractivity contribution in [2.24, 2.45) is 11.3 Å². The number of carbonyl (C=O) groups is 1. The van der Waals surface area contributed by atoms with Crippen molar-refractivity contribution in [3.8, 4) is 0 Å². The molecule has 20 heavy (non-hydrogen) atoms. The Morgan fingerprint density at radius 1 is 1.50 bits per heavy atom. The van der Waals surface area contributed by atoms with Gasteiger partial charge in [-0.3, -0.25) is 4.79 Å². The Morgan fingerprint density at radius 3 is 2.85 bits per heavy atom. The molecule has 3 rings (SSSR count). The van der Waals surface area contributed by atoms with Gasteiger partial charge in [0.05, 0.1) is 13.2 Å². The molecule has 0 aromatic carbocycles. The highest BCUT2D eigenvalue weighted by atomic mass is 16.5. The third-order valence-electron chi connectivity index (χ3n) is 4.11. The van der Waals surface area contributed by atoms with Crippen molar-refractivity contribution in [1.29, 1.82) is 0 Å². The first-order chi connectivity index (χ1) is 9.56. The van der Waals surface area contributed by atoms with Gasteiger partial charge in [-0.1, -0.05) is 13.8 Å². The predicted octanol–water partition coefficient (Wildman–Crippen LogP) is 2.57. The molecule has 2 atom stereocenters. The van der Waals surface area contributed by atoms with Gasteiger partial charge < -0.3 is 14.5 Å². The van der Waals surface area contributed by atoms with E-state index in [0.29, 0.717) is 12.5 Å². The van der Waals surface area contributed by atoms with Gasteiger partial charge >= 0.3 is 0 Å². The maximum atomic E-state index is 11.7. The van der Waals surface area contributed by atoms with Crippen LogP contribution in [-0.2, 0) is 9.53 Å². The van der Waals surface area contributed by atoms with Crippen LogP contribution in [0.25, 0.3) is 6.08 Å². The molecule has 2 heterocycles. The molecule has 4 nitrogen and oxygen atoms in total. The summed E-state index contributed by atoms with van der Waals surface area (Å²) in [6.07, 6.45) is 4.46. The summed E-state index contributed by atoms with van der Waals surface area (Å²) in [6, 6.07) is 3.93. The summed E-state index contributed by atoms with van der Waals surface area (Å²) in [4.78, 5) is 11.7. The molecule has 1 aliphatic heterocycles. The molecule has 1 saturated heterocycles. The fraction of sp³-hybridized carbons (Fsp3) is 0.562. The maximum absolute atomic E-state index is 11.7. The fourth-order valence-electron chi connectivity index (χ4n) is 2.45. The Hall–Kier alpha value is -1.55. The van der Waals surface area contributed by atoms with E-state index in [9.17, 15) is 4.79 Å². The lowest BCUT2D eigenvalue weighted by Crippen LogP contribution is -2.48. The number of amides is 1. The van der Waals surface area contributed by atoms with E-state index in [1.54, 1.807) is 6.08 Å². The molecule has 1 aromatic heterocycles. The van der Waals surface area contributed by atoms with Crippen molar-refractivity contribution < 1.29 is 13.9 Å². The molecular weight excluding hydrogens is 254 g/mol. The van der Waals surface area contributed by atoms with Crippen LogP contribution < -0.4 is 5.32 Å². The van der Waals surface area contributed by atoms with E-state index in [2.05, 4.69) is 19.2 Å². The van der Waals surface area contributed by atoms with Crippen LogP contribution in [0.1, 0.15) is 37.7 Å².